The number of nitrogens with zero attached hydrogens (tertiary/aromatic N) is 1. The van der Waals surface area contributed by atoms with E-state index in [0.717, 1.165) is 46.3 Å². The molecule has 0 aromatic heterocycles. The van der Waals surface area contributed by atoms with E-state index in [1.165, 1.54) is 5.56 Å². The van der Waals surface area contributed by atoms with Crippen molar-refractivity contribution in [3.8, 4) is 0 Å². The van der Waals surface area contributed by atoms with Gasteiger partial charge in [-0.3, -0.25) is 14.5 Å². The van der Waals surface area contributed by atoms with Crippen LogP contribution in [0, 0.1) is 0 Å². The lowest BCUT2D eigenvalue weighted by atomic mass is 9.77. The van der Waals surface area contributed by atoms with E-state index in [1.54, 1.807) is 4.90 Å². The number of carbonyl (C=O) groups is 2. The fourth-order valence-electron chi connectivity index (χ4n) is 4.18. The van der Waals surface area contributed by atoms with E-state index in [0.29, 0.717) is 12.8 Å². The molecule has 2 aromatic carbocycles. The highest BCUT2D eigenvalue weighted by Gasteiger charge is 2.40. The molecule has 1 aliphatic heterocycles. The number of hydrogen-bond acceptors (Lipinski definition) is 2. The van der Waals surface area contributed by atoms with Gasteiger partial charge in [0.2, 0.25) is 5.91 Å². The van der Waals surface area contributed by atoms with Crippen molar-refractivity contribution in [2.75, 3.05) is 4.90 Å². The van der Waals surface area contributed by atoms with Gasteiger partial charge in [0.1, 0.15) is 0 Å². The minimum absolute atomic E-state index is 0.0555. The predicted octanol–water partition coefficient (Wildman–Crippen LogP) is 5.54. The lowest BCUT2D eigenvalue weighted by Gasteiger charge is -2.38. The Labute approximate surface area is 168 Å². The molecule has 27 heavy (non-hydrogen) atoms. The van der Waals surface area contributed by atoms with Gasteiger partial charge < -0.3 is 0 Å². The van der Waals surface area contributed by atoms with E-state index in [9.17, 15) is 9.59 Å². The van der Waals surface area contributed by atoms with Gasteiger partial charge in [0.25, 0.3) is 0 Å². The van der Waals surface area contributed by atoms with Crippen LogP contribution in [0.2, 0.25) is 0 Å². The maximum Gasteiger partial charge on any atom is 0.232 e. The normalized spacial score (nSPS) is 20.1. The van der Waals surface area contributed by atoms with Crippen LogP contribution in [-0.2, 0) is 16.0 Å². The van der Waals surface area contributed by atoms with Gasteiger partial charge in [-0.25, -0.2) is 0 Å². The number of hydrogen-bond donors (Lipinski definition) is 0. The van der Waals surface area contributed by atoms with Crippen LogP contribution in [0.3, 0.4) is 0 Å². The molecule has 0 saturated carbocycles. The summed E-state index contributed by atoms with van der Waals surface area (Å²) in [5, 5.41) is 0. The smallest absolute Gasteiger partial charge is 0.232 e. The third-order valence-electron chi connectivity index (χ3n) is 5.56. The van der Waals surface area contributed by atoms with Crippen LogP contribution in [0.5, 0.6) is 0 Å². The van der Waals surface area contributed by atoms with E-state index in [1.807, 2.05) is 24.3 Å². The number of rotatable bonds is 3. The summed E-state index contributed by atoms with van der Waals surface area (Å²) < 4.78 is 0.869. The number of halogens is 1. The van der Waals surface area contributed by atoms with Gasteiger partial charge in [0.05, 0.1) is 5.69 Å². The molecule has 1 aliphatic carbocycles. The highest BCUT2D eigenvalue weighted by atomic mass is 79.9. The SMILES string of the molecule is CCc1ccc(C2CC(=O)N(c3ccccc3Br)C3=C2C(=O)CCC3)cc1. The molecular formula is C23H22BrNO2. The van der Waals surface area contributed by atoms with Crippen LogP contribution >= 0.6 is 15.9 Å². The number of Topliss-reactive ketones (excluding diaryl/α,β-unsaturated/α-hetero) is 1. The number of para-hydroxylation sites is 1. The highest BCUT2D eigenvalue weighted by Crippen LogP contribution is 2.44. The predicted molar refractivity (Wildman–Crippen MR) is 111 cm³/mol. The monoisotopic (exact) mass is 423 g/mol. The maximum atomic E-state index is 13.2. The molecule has 2 aliphatic rings. The first-order valence-electron chi connectivity index (χ1n) is 9.52. The van der Waals surface area contributed by atoms with Gasteiger partial charge in [-0.05, 0) is 58.5 Å². The lowest BCUT2D eigenvalue weighted by Crippen LogP contribution is -2.40. The second-order valence-electron chi connectivity index (χ2n) is 7.17. The zero-order valence-electron chi connectivity index (χ0n) is 15.4. The van der Waals surface area contributed by atoms with Crippen LogP contribution in [-0.4, -0.2) is 11.7 Å². The number of allylic oxidation sites excluding steroid dienone is 2. The van der Waals surface area contributed by atoms with Crippen molar-refractivity contribution < 1.29 is 9.59 Å². The lowest BCUT2D eigenvalue weighted by molar-refractivity contribution is -0.119. The van der Waals surface area contributed by atoms with E-state index >= 15 is 0 Å². The molecular weight excluding hydrogens is 402 g/mol. The van der Waals surface area contributed by atoms with Crippen molar-refractivity contribution in [3.05, 3.63) is 75.4 Å². The molecule has 0 fully saturated rings. The van der Waals surface area contributed by atoms with E-state index < -0.39 is 0 Å². The van der Waals surface area contributed by atoms with Crippen LogP contribution in [0.25, 0.3) is 0 Å². The topological polar surface area (TPSA) is 37.4 Å². The van der Waals surface area contributed by atoms with Gasteiger partial charge in [-0.2, -0.15) is 0 Å². The van der Waals surface area contributed by atoms with E-state index in [2.05, 4.69) is 47.1 Å². The first kappa shape index (κ1) is 18.2. The Morgan fingerprint density at radius 1 is 1.04 bits per heavy atom. The van der Waals surface area contributed by atoms with Gasteiger partial charge in [-0.15, -0.1) is 0 Å². The quantitative estimate of drug-likeness (QED) is 0.649. The number of benzene rings is 2. The first-order valence-corrected chi connectivity index (χ1v) is 10.3. The summed E-state index contributed by atoms with van der Waals surface area (Å²) in [4.78, 5) is 27.8. The number of ketones is 1. The summed E-state index contributed by atoms with van der Waals surface area (Å²) in [7, 11) is 0. The number of carbonyl (C=O) groups excluding carboxylic acids is 2. The molecule has 1 heterocycles. The maximum absolute atomic E-state index is 13.2. The fraction of sp³-hybridized carbons (Fsp3) is 0.304. The number of aryl methyl sites for hydroxylation is 1. The largest absolute Gasteiger partial charge is 0.294 e. The number of amides is 1. The Morgan fingerprint density at radius 3 is 2.48 bits per heavy atom. The fourth-order valence-corrected chi connectivity index (χ4v) is 4.64. The second-order valence-corrected chi connectivity index (χ2v) is 8.02. The molecule has 0 spiro atoms. The van der Waals surface area contributed by atoms with Crippen molar-refractivity contribution in [2.45, 2.75) is 44.9 Å². The molecule has 1 unspecified atom stereocenters. The summed E-state index contributed by atoms with van der Waals surface area (Å²) in [6, 6.07) is 16.1. The summed E-state index contributed by atoms with van der Waals surface area (Å²) in [5.74, 6) is 0.107. The second kappa shape index (κ2) is 7.43. The van der Waals surface area contributed by atoms with Gasteiger partial charge in [0.15, 0.2) is 5.78 Å². The van der Waals surface area contributed by atoms with E-state index in [-0.39, 0.29) is 17.6 Å². The first-order chi connectivity index (χ1) is 13.1. The summed E-state index contributed by atoms with van der Waals surface area (Å²) in [6.45, 7) is 2.13. The molecule has 138 valence electrons. The molecule has 4 rings (SSSR count). The van der Waals surface area contributed by atoms with Gasteiger partial charge in [0, 0.05) is 34.5 Å². The molecule has 0 N–H and O–H groups in total. The summed E-state index contributed by atoms with van der Waals surface area (Å²) in [5.41, 5.74) is 4.87. The summed E-state index contributed by atoms with van der Waals surface area (Å²) in [6.07, 6.45) is 3.44. The molecule has 3 nitrogen and oxygen atoms in total. The molecule has 0 saturated heterocycles. The van der Waals surface area contributed by atoms with Gasteiger partial charge in [-0.1, -0.05) is 43.3 Å². The average Bonchev–Trinajstić information content (AvgIpc) is 2.68. The standard InChI is InChI=1S/C23H22BrNO2/c1-2-15-10-12-16(13-11-15)17-14-22(27)25(19-7-4-3-6-18(19)24)20-8-5-9-21(26)23(17)20/h3-4,6-7,10-13,17H,2,5,8-9,14H2,1H3. The third kappa shape index (κ3) is 3.27. The molecule has 1 atom stereocenters. The van der Waals surface area contributed by atoms with Crippen LogP contribution in [0.4, 0.5) is 5.69 Å². The molecule has 0 bridgehead atoms. The number of anilines is 1. The third-order valence-corrected chi connectivity index (χ3v) is 6.23. The minimum atomic E-state index is -0.134. The van der Waals surface area contributed by atoms with Crippen molar-refractivity contribution in [1.82, 2.24) is 0 Å². The highest BCUT2D eigenvalue weighted by molar-refractivity contribution is 9.10. The zero-order valence-corrected chi connectivity index (χ0v) is 17.0. The minimum Gasteiger partial charge on any atom is -0.294 e. The van der Waals surface area contributed by atoms with E-state index in [4.69, 9.17) is 0 Å². The zero-order chi connectivity index (χ0) is 19.0. The van der Waals surface area contributed by atoms with Crippen LogP contribution in [0.1, 0.15) is 49.7 Å². The Balaban J connectivity index is 1.84. The Bertz CT molecular complexity index is 930. The average molecular weight is 424 g/mol. The van der Waals surface area contributed by atoms with Crippen molar-refractivity contribution in [3.63, 3.8) is 0 Å². The molecule has 4 heteroatoms. The molecule has 2 aromatic rings. The van der Waals surface area contributed by atoms with Crippen molar-refractivity contribution in [2.24, 2.45) is 0 Å². The van der Waals surface area contributed by atoms with Crippen LogP contribution in [0.15, 0.2) is 64.3 Å². The van der Waals surface area contributed by atoms with Crippen molar-refractivity contribution in [1.29, 1.82) is 0 Å². The van der Waals surface area contributed by atoms with Crippen molar-refractivity contribution >= 4 is 33.3 Å². The molecule has 0 radical (unpaired) electrons. The van der Waals surface area contributed by atoms with Gasteiger partial charge >= 0.3 is 0 Å². The molecule has 1 amide bonds. The summed E-state index contributed by atoms with van der Waals surface area (Å²) >= 11 is 3.57. The Kier molecular flexibility index (Phi) is 5.00. The Morgan fingerprint density at radius 2 is 1.78 bits per heavy atom. The van der Waals surface area contributed by atoms with Crippen LogP contribution < -0.4 is 4.90 Å². The Hall–Kier alpha value is -2.20.